The summed E-state index contributed by atoms with van der Waals surface area (Å²) in [6.45, 7) is 3.04. The molecule has 0 saturated carbocycles. The van der Waals surface area contributed by atoms with Gasteiger partial charge in [0.05, 0.1) is 0 Å². The molecule has 1 amide bonds. The Morgan fingerprint density at radius 2 is 1.95 bits per heavy atom. The van der Waals surface area contributed by atoms with E-state index in [1.165, 1.54) is 0 Å². The van der Waals surface area contributed by atoms with Crippen molar-refractivity contribution in [2.24, 2.45) is 5.73 Å². The summed E-state index contributed by atoms with van der Waals surface area (Å²) in [5, 5.41) is 0. The maximum atomic E-state index is 12.3. The summed E-state index contributed by atoms with van der Waals surface area (Å²) in [4.78, 5) is 14.0. The maximum Gasteiger partial charge on any atom is 0.246 e. The van der Waals surface area contributed by atoms with E-state index in [-0.39, 0.29) is 18.3 Å². The first-order valence-electron chi connectivity index (χ1n) is 6.09. The van der Waals surface area contributed by atoms with E-state index in [4.69, 9.17) is 10.5 Å². The second kappa shape index (κ2) is 8.15. The van der Waals surface area contributed by atoms with Crippen molar-refractivity contribution < 1.29 is 9.53 Å². The fraction of sp³-hybridized carbons (Fsp3) is 0.500. The van der Waals surface area contributed by atoms with E-state index < -0.39 is 5.54 Å². The van der Waals surface area contributed by atoms with Gasteiger partial charge in [0, 0.05) is 27.3 Å². The third kappa shape index (κ3) is 4.82. The molecule has 1 atom stereocenters. The van der Waals surface area contributed by atoms with Crippen LogP contribution in [-0.4, -0.2) is 38.1 Å². The van der Waals surface area contributed by atoms with Gasteiger partial charge in [0.15, 0.2) is 0 Å². The van der Waals surface area contributed by atoms with Gasteiger partial charge in [-0.3, -0.25) is 4.79 Å². The maximum absolute atomic E-state index is 12.3. The number of ether oxygens (including phenoxy) is 1. The molecule has 0 heterocycles. The van der Waals surface area contributed by atoms with Crippen LogP contribution in [0, 0.1) is 0 Å². The highest BCUT2D eigenvalue weighted by Crippen LogP contribution is 2.19. The molecule has 19 heavy (non-hydrogen) atoms. The van der Waals surface area contributed by atoms with Crippen LogP contribution < -0.4 is 5.73 Å². The number of amides is 1. The molecule has 4 nitrogen and oxygen atoms in total. The highest BCUT2D eigenvalue weighted by molar-refractivity contribution is 5.86. The minimum Gasteiger partial charge on any atom is -0.385 e. The van der Waals surface area contributed by atoms with Crippen LogP contribution in [0.4, 0.5) is 0 Å². The van der Waals surface area contributed by atoms with Crippen molar-refractivity contribution >= 4 is 18.3 Å². The minimum absolute atomic E-state index is 0. The lowest BCUT2D eigenvalue weighted by molar-refractivity contribution is -0.135. The van der Waals surface area contributed by atoms with Crippen LogP contribution >= 0.6 is 12.4 Å². The number of hydrogen-bond donors (Lipinski definition) is 1. The molecule has 0 aliphatic carbocycles. The van der Waals surface area contributed by atoms with E-state index in [9.17, 15) is 4.79 Å². The monoisotopic (exact) mass is 286 g/mol. The lowest BCUT2D eigenvalue weighted by atomic mass is 9.92. The van der Waals surface area contributed by atoms with Crippen LogP contribution in [0.3, 0.4) is 0 Å². The van der Waals surface area contributed by atoms with Gasteiger partial charge in [0.2, 0.25) is 5.91 Å². The molecular weight excluding hydrogens is 264 g/mol. The molecule has 0 fully saturated rings. The van der Waals surface area contributed by atoms with Crippen LogP contribution in [0.25, 0.3) is 0 Å². The van der Waals surface area contributed by atoms with Gasteiger partial charge in [-0.1, -0.05) is 30.3 Å². The van der Waals surface area contributed by atoms with Gasteiger partial charge in [-0.2, -0.15) is 0 Å². The molecule has 0 saturated heterocycles. The highest BCUT2D eigenvalue weighted by atomic mass is 35.5. The second-order valence-electron chi connectivity index (χ2n) is 4.64. The van der Waals surface area contributed by atoms with Gasteiger partial charge < -0.3 is 15.4 Å². The topological polar surface area (TPSA) is 55.6 Å². The van der Waals surface area contributed by atoms with E-state index in [0.29, 0.717) is 13.2 Å². The highest BCUT2D eigenvalue weighted by Gasteiger charge is 2.32. The van der Waals surface area contributed by atoms with E-state index in [1.807, 2.05) is 30.3 Å². The van der Waals surface area contributed by atoms with Gasteiger partial charge in [0.25, 0.3) is 0 Å². The first kappa shape index (κ1) is 17.9. The Hall–Kier alpha value is -1.10. The molecule has 1 unspecified atom stereocenters. The smallest absolute Gasteiger partial charge is 0.246 e. The van der Waals surface area contributed by atoms with Crippen molar-refractivity contribution in [2.75, 3.05) is 27.3 Å². The molecule has 0 radical (unpaired) electrons. The normalized spacial score (nSPS) is 13.3. The Morgan fingerprint density at radius 3 is 2.47 bits per heavy atom. The number of halogens is 1. The quantitative estimate of drug-likeness (QED) is 0.811. The summed E-state index contributed by atoms with van der Waals surface area (Å²) in [6, 6.07) is 9.44. The van der Waals surface area contributed by atoms with Crippen molar-refractivity contribution in [3.05, 3.63) is 35.9 Å². The van der Waals surface area contributed by atoms with E-state index >= 15 is 0 Å². The predicted octanol–water partition coefficient (Wildman–Crippen LogP) is 1.78. The lowest BCUT2D eigenvalue weighted by Gasteiger charge is -2.29. The molecule has 0 aliphatic rings. The van der Waals surface area contributed by atoms with E-state index in [2.05, 4.69) is 0 Å². The summed E-state index contributed by atoms with van der Waals surface area (Å²) in [5.74, 6) is -0.0789. The minimum atomic E-state index is -0.983. The molecule has 5 heteroatoms. The van der Waals surface area contributed by atoms with Crippen LogP contribution in [0.2, 0.25) is 0 Å². The summed E-state index contributed by atoms with van der Waals surface area (Å²) in [6.07, 6.45) is 0.809. The zero-order valence-corrected chi connectivity index (χ0v) is 12.6. The van der Waals surface area contributed by atoms with Gasteiger partial charge >= 0.3 is 0 Å². The number of benzene rings is 1. The molecular formula is C14H23ClN2O2. The van der Waals surface area contributed by atoms with Crippen molar-refractivity contribution in [3.8, 4) is 0 Å². The second-order valence-corrected chi connectivity index (χ2v) is 4.64. The molecule has 1 aromatic carbocycles. The summed E-state index contributed by atoms with van der Waals surface area (Å²) in [5.41, 5.74) is 6.01. The first-order chi connectivity index (χ1) is 8.50. The SMILES string of the molecule is COCCCN(C)C(=O)C(C)(N)c1ccccc1.Cl. The Kier molecular flexibility index (Phi) is 7.68. The molecule has 1 rings (SSSR count). The number of hydrogen-bond acceptors (Lipinski definition) is 3. The van der Waals surface area contributed by atoms with Crippen molar-refractivity contribution in [1.82, 2.24) is 4.90 Å². The van der Waals surface area contributed by atoms with Crippen LogP contribution in [0.1, 0.15) is 18.9 Å². The number of carbonyl (C=O) groups is 1. The molecule has 0 bridgehead atoms. The summed E-state index contributed by atoms with van der Waals surface area (Å²) in [7, 11) is 3.42. The number of carbonyl (C=O) groups excluding carboxylic acids is 1. The number of methoxy groups -OCH3 is 1. The third-order valence-electron chi connectivity index (χ3n) is 3.01. The van der Waals surface area contributed by atoms with Gasteiger partial charge in [-0.05, 0) is 18.9 Å². The number of nitrogens with zero attached hydrogens (tertiary/aromatic N) is 1. The standard InChI is InChI=1S/C14H22N2O2.ClH/c1-14(15,12-8-5-4-6-9-12)13(17)16(2)10-7-11-18-3;/h4-6,8-9H,7,10-11,15H2,1-3H3;1H. The van der Waals surface area contributed by atoms with Crippen molar-refractivity contribution in [3.63, 3.8) is 0 Å². The summed E-state index contributed by atoms with van der Waals surface area (Å²) < 4.78 is 4.97. The fourth-order valence-electron chi connectivity index (χ4n) is 1.85. The average molecular weight is 287 g/mol. The van der Waals surface area contributed by atoms with E-state index in [1.54, 1.807) is 26.0 Å². The molecule has 2 N–H and O–H groups in total. The Morgan fingerprint density at radius 1 is 1.37 bits per heavy atom. The largest absolute Gasteiger partial charge is 0.385 e. The Labute approximate surface area is 121 Å². The zero-order valence-electron chi connectivity index (χ0n) is 11.8. The molecule has 0 spiro atoms. The summed E-state index contributed by atoms with van der Waals surface area (Å²) >= 11 is 0. The fourth-order valence-corrected chi connectivity index (χ4v) is 1.85. The zero-order chi connectivity index (χ0) is 13.6. The first-order valence-corrected chi connectivity index (χ1v) is 6.09. The molecule has 0 aromatic heterocycles. The number of nitrogens with two attached hydrogens (primary N) is 1. The predicted molar refractivity (Wildman–Crippen MR) is 79.4 cm³/mol. The number of likely N-dealkylation sites (N-methyl/N-ethyl adjacent to an activating group) is 1. The molecule has 0 aliphatic heterocycles. The number of rotatable bonds is 6. The van der Waals surface area contributed by atoms with Gasteiger partial charge in [-0.25, -0.2) is 0 Å². The van der Waals surface area contributed by atoms with Gasteiger partial charge in [-0.15, -0.1) is 12.4 Å². The van der Waals surface area contributed by atoms with Crippen LogP contribution in [0.5, 0.6) is 0 Å². The van der Waals surface area contributed by atoms with Gasteiger partial charge in [0.1, 0.15) is 5.54 Å². The van der Waals surface area contributed by atoms with Crippen LogP contribution in [0.15, 0.2) is 30.3 Å². The average Bonchev–Trinajstić information content (AvgIpc) is 2.39. The third-order valence-corrected chi connectivity index (χ3v) is 3.01. The van der Waals surface area contributed by atoms with E-state index in [0.717, 1.165) is 12.0 Å². The Bertz CT molecular complexity index is 382. The lowest BCUT2D eigenvalue weighted by Crippen LogP contribution is -2.49. The molecule has 1 aromatic rings. The molecule has 108 valence electrons. The van der Waals surface area contributed by atoms with Crippen molar-refractivity contribution in [2.45, 2.75) is 18.9 Å². The Balaban J connectivity index is 0.00000324. The van der Waals surface area contributed by atoms with Crippen molar-refractivity contribution in [1.29, 1.82) is 0 Å². The van der Waals surface area contributed by atoms with Crippen LogP contribution in [-0.2, 0) is 15.1 Å².